The van der Waals surface area contributed by atoms with Gasteiger partial charge < -0.3 is 0 Å². The molecule has 2 unspecified atom stereocenters. The molecule has 1 heterocycles. The number of carbonyl (C=O) groups is 2. The fourth-order valence-corrected chi connectivity index (χ4v) is 2.81. The minimum atomic E-state index is -0.138. The summed E-state index contributed by atoms with van der Waals surface area (Å²) in [6.07, 6.45) is 2.82. The number of hydrogen-bond acceptors (Lipinski definition) is 2. The number of imide groups is 1. The van der Waals surface area contributed by atoms with Gasteiger partial charge in [0, 0.05) is 6.42 Å². The van der Waals surface area contributed by atoms with Crippen LogP contribution in [-0.2, 0) is 9.59 Å². The Morgan fingerprint density at radius 2 is 1.76 bits per heavy atom. The summed E-state index contributed by atoms with van der Waals surface area (Å²) in [5.41, 5.74) is 1.04. The van der Waals surface area contributed by atoms with Crippen LogP contribution in [0, 0.1) is 11.8 Å². The van der Waals surface area contributed by atoms with E-state index in [-0.39, 0.29) is 23.7 Å². The highest BCUT2D eigenvalue weighted by Crippen LogP contribution is 2.46. The van der Waals surface area contributed by atoms with Gasteiger partial charge in [-0.3, -0.25) is 14.9 Å². The van der Waals surface area contributed by atoms with Gasteiger partial charge in [0.25, 0.3) is 0 Å². The molecule has 0 spiro atoms. The van der Waals surface area contributed by atoms with Gasteiger partial charge in [-0.15, -0.1) is 0 Å². The molecule has 2 amide bonds. The summed E-state index contributed by atoms with van der Waals surface area (Å²) in [6, 6.07) is 9.80. The molecule has 17 heavy (non-hydrogen) atoms. The molecule has 88 valence electrons. The Bertz CT molecular complexity index is 451. The first-order valence-corrected chi connectivity index (χ1v) is 6.14. The quantitative estimate of drug-likeness (QED) is 0.786. The van der Waals surface area contributed by atoms with Crippen molar-refractivity contribution in [2.45, 2.75) is 25.2 Å². The monoisotopic (exact) mass is 229 g/mol. The van der Waals surface area contributed by atoms with Crippen LogP contribution in [0.3, 0.4) is 0 Å². The average Bonchev–Trinajstić information content (AvgIpc) is 3.13. The van der Waals surface area contributed by atoms with Crippen molar-refractivity contribution in [2.24, 2.45) is 11.8 Å². The van der Waals surface area contributed by atoms with Crippen LogP contribution in [0.2, 0.25) is 0 Å². The van der Waals surface area contributed by atoms with Gasteiger partial charge in [0.1, 0.15) is 0 Å². The number of amides is 2. The molecular formula is C14H15NO2. The van der Waals surface area contributed by atoms with Crippen LogP contribution in [0.5, 0.6) is 0 Å². The zero-order valence-electron chi connectivity index (χ0n) is 9.56. The molecule has 0 radical (unpaired) electrons. The molecule has 2 atom stereocenters. The van der Waals surface area contributed by atoms with Crippen LogP contribution in [0.25, 0.3) is 0 Å². The lowest BCUT2D eigenvalue weighted by Gasteiger charge is -2.30. The molecule has 0 aromatic heterocycles. The van der Waals surface area contributed by atoms with Gasteiger partial charge in [0.2, 0.25) is 11.8 Å². The summed E-state index contributed by atoms with van der Waals surface area (Å²) in [5.74, 6) is 0.402. The molecular weight excluding hydrogens is 214 g/mol. The van der Waals surface area contributed by atoms with Crippen molar-refractivity contribution in [3.8, 4) is 0 Å². The number of hydrogen-bond donors (Lipinski definition) is 1. The van der Waals surface area contributed by atoms with Crippen molar-refractivity contribution in [3.05, 3.63) is 35.9 Å². The average molecular weight is 229 g/mol. The van der Waals surface area contributed by atoms with E-state index in [1.54, 1.807) is 0 Å². The lowest BCUT2D eigenvalue weighted by atomic mass is 9.78. The molecule has 3 nitrogen and oxygen atoms in total. The summed E-state index contributed by atoms with van der Waals surface area (Å²) in [5, 5.41) is 2.46. The number of benzene rings is 1. The van der Waals surface area contributed by atoms with Crippen LogP contribution < -0.4 is 5.32 Å². The molecule has 1 aromatic rings. The Morgan fingerprint density at radius 1 is 1.06 bits per heavy atom. The third-order valence-electron chi connectivity index (χ3n) is 3.78. The van der Waals surface area contributed by atoms with Crippen molar-refractivity contribution in [1.29, 1.82) is 0 Å². The Hall–Kier alpha value is -1.64. The third-order valence-corrected chi connectivity index (χ3v) is 3.78. The molecule has 1 saturated carbocycles. The van der Waals surface area contributed by atoms with Crippen LogP contribution in [-0.4, -0.2) is 11.8 Å². The van der Waals surface area contributed by atoms with Gasteiger partial charge in [-0.05, 0) is 30.2 Å². The van der Waals surface area contributed by atoms with Crippen molar-refractivity contribution in [1.82, 2.24) is 5.32 Å². The maximum atomic E-state index is 12.0. The van der Waals surface area contributed by atoms with Crippen molar-refractivity contribution in [2.75, 3.05) is 0 Å². The molecule has 3 heteroatoms. The standard InChI is InChI=1S/C14H15NO2/c16-12-8-11(9-6-7-9)13(14(17)15-12)10-4-2-1-3-5-10/h1-5,9,11,13H,6-8H2,(H,15,16,17). The summed E-state index contributed by atoms with van der Waals surface area (Å²) in [7, 11) is 0. The van der Waals surface area contributed by atoms with Crippen LogP contribution in [0.4, 0.5) is 0 Å². The predicted molar refractivity (Wildman–Crippen MR) is 63.2 cm³/mol. The molecule has 2 fully saturated rings. The van der Waals surface area contributed by atoms with E-state index < -0.39 is 0 Å². The van der Waals surface area contributed by atoms with E-state index in [1.807, 2.05) is 30.3 Å². The second-order valence-corrected chi connectivity index (χ2v) is 5.01. The van der Waals surface area contributed by atoms with Crippen LogP contribution in [0.15, 0.2) is 30.3 Å². The molecule has 1 aliphatic carbocycles. The highest BCUT2D eigenvalue weighted by molar-refractivity contribution is 6.01. The van der Waals surface area contributed by atoms with Crippen molar-refractivity contribution >= 4 is 11.8 Å². The molecule has 0 bridgehead atoms. The number of piperidine rings is 1. The normalized spacial score (nSPS) is 28.9. The lowest BCUT2D eigenvalue weighted by molar-refractivity contribution is -0.136. The molecule has 1 aromatic carbocycles. The zero-order chi connectivity index (χ0) is 11.8. The smallest absolute Gasteiger partial charge is 0.234 e. The van der Waals surface area contributed by atoms with E-state index in [0.29, 0.717) is 12.3 Å². The maximum absolute atomic E-state index is 12.0. The summed E-state index contributed by atoms with van der Waals surface area (Å²) >= 11 is 0. The van der Waals surface area contributed by atoms with Gasteiger partial charge >= 0.3 is 0 Å². The first-order chi connectivity index (χ1) is 8.25. The van der Waals surface area contributed by atoms with E-state index in [1.165, 1.54) is 0 Å². The highest BCUT2D eigenvalue weighted by Gasteiger charge is 2.44. The Kier molecular flexibility index (Phi) is 2.46. The molecule has 1 aliphatic heterocycles. The van der Waals surface area contributed by atoms with E-state index in [4.69, 9.17) is 0 Å². The summed E-state index contributed by atoms with van der Waals surface area (Å²) < 4.78 is 0. The highest BCUT2D eigenvalue weighted by atomic mass is 16.2. The molecule has 1 N–H and O–H groups in total. The Morgan fingerprint density at radius 3 is 2.41 bits per heavy atom. The zero-order valence-corrected chi connectivity index (χ0v) is 9.56. The van der Waals surface area contributed by atoms with E-state index >= 15 is 0 Å². The maximum Gasteiger partial charge on any atom is 0.234 e. The van der Waals surface area contributed by atoms with Gasteiger partial charge in [-0.25, -0.2) is 0 Å². The number of rotatable bonds is 2. The van der Waals surface area contributed by atoms with Crippen molar-refractivity contribution in [3.63, 3.8) is 0 Å². The summed E-state index contributed by atoms with van der Waals surface area (Å²) in [6.45, 7) is 0. The van der Waals surface area contributed by atoms with Gasteiger partial charge in [-0.2, -0.15) is 0 Å². The van der Waals surface area contributed by atoms with E-state index in [9.17, 15) is 9.59 Å². The SMILES string of the molecule is O=C1CC(C2CC2)C(c2ccccc2)C(=O)N1. The number of nitrogens with one attached hydrogen (secondary N) is 1. The first-order valence-electron chi connectivity index (χ1n) is 6.14. The predicted octanol–water partition coefficient (Wildman–Crippen LogP) is 1.84. The van der Waals surface area contributed by atoms with Crippen LogP contribution >= 0.6 is 0 Å². The van der Waals surface area contributed by atoms with Crippen molar-refractivity contribution < 1.29 is 9.59 Å². The second-order valence-electron chi connectivity index (χ2n) is 5.01. The van der Waals surface area contributed by atoms with E-state index in [2.05, 4.69) is 5.32 Å². The molecule has 1 saturated heterocycles. The topological polar surface area (TPSA) is 46.2 Å². The second kappa shape index (κ2) is 3.99. The van der Waals surface area contributed by atoms with E-state index in [0.717, 1.165) is 18.4 Å². The fourth-order valence-electron chi connectivity index (χ4n) is 2.81. The minimum absolute atomic E-state index is 0.112. The molecule has 3 rings (SSSR count). The first kappa shape index (κ1) is 10.5. The number of carbonyl (C=O) groups excluding carboxylic acids is 2. The third kappa shape index (κ3) is 1.97. The van der Waals surface area contributed by atoms with Gasteiger partial charge in [-0.1, -0.05) is 30.3 Å². The Labute approximate surface area is 100 Å². The lowest BCUT2D eigenvalue weighted by Crippen LogP contribution is -2.45. The Balaban J connectivity index is 1.93. The van der Waals surface area contributed by atoms with Gasteiger partial charge in [0.05, 0.1) is 5.92 Å². The van der Waals surface area contributed by atoms with Crippen LogP contribution in [0.1, 0.15) is 30.7 Å². The molecule has 2 aliphatic rings. The summed E-state index contributed by atoms with van der Waals surface area (Å²) in [4.78, 5) is 23.5. The minimum Gasteiger partial charge on any atom is -0.296 e. The largest absolute Gasteiger partial charge is 0.296 e. The fraction of sp³-hybridized carbons (Fsp3) is 0.429. The van der Waals surface area contributed by atoms with Gasteiger partial charge in [0.15, 0.2) is 0 Å².